The average Bonchev–Trinajstić information content (AvgIpc) is 0.859. The number of carboxylic acid groups (broad SMARTS) is 3. The smallest absolute Gasteiger partial charge is 0.326 e. The fourth-order valence-corrected chi connectivity index (χ4v) is 11.1. The average molecular weight is 1490 g/mol. The van der Waals surface area contributed by atoms with Gasteiger partial charge >= 0.3 is 17.9 Å². The summed E-state index contributed by atoms with van der Waals surface area (Å²) >= 11 is 4.07. The van der Waals surface area contributed by atoms with Crippen LogP contribution in [0.4, 0.5) is 0 Å². The Morgan fingerprint density at radius 1 is 0.436 bits per heavy atom. The van der Waals surface area contributed by atoms with E-state index in [4.69, 9.17) is 22.3 Å². The van der Waals surface area contributed by atoms with Gasteiger partial charge in [0.1, 0.15) is 66.5 Å². The number of amides is 12. The van der Waals surface area contributed by atoms with Crippen molar-refractivity contribution in [2.24, 2.45) is 29.0 Å². The summed E-state index contributed by atoms with van der Waals surface area (Å²) in [6.07, 6.45) is 4.95. The third kappa shape index (κ3) is 37.1. The van der Waals surface area contributed by atoms with Gasteiger partial charge in [-0.25, -0.2) is 4.79 Å². The molecule has 0 spiro atoms. The first-order chi connectivity index (χ1) is 47.8. The fourth-order valence-electron chi connectivity index (χ4n) is 9.68. The van der Waals surface area contributed by atoms with Gasteiger partial charge in [0.15, 0.2) is 0 Å². The van der Waals surface area contributed by atoms with Crippen molar-refractivity contribution in [3.63, 3.8) is 0 Å². The van der Waals surface area contributed by atoms with E-state index in [9.17, 15) is 87.2 Å². The number of hydrogen-bond acceptors (Lipinski definition) is 22. The molecule has 0 aliphatic carbocycles. The van der Waals surface area contributed by atoms with E-state index in [0.29, 0.717) is 42.8 Å². The predicted molar refractivity (Wildman–Crippen MR) is 381 cm³/mol. The molecule has 0 fully saturated rings. The topological polar surface area (TPSA) is 559 Å². The van der Waals surface area contributed by atoms with Crippen LogP contribution in [0, 0.1) is 11.8 Å². The second kappa shape index (κ2) is 50.5. The maximum Gasteiger partial charge on any atom is 0.326 e. The number of carbonyl (C=O) groups is 15. The van der Waals surface area contributed by atoms with Gasteiger partial charge in [-0.2, -0.15) is 35.3 Å². The lowest BCUT2D eigenvalue weighted by Gasteiger charge is -2.28. The molecule has 0 bridgehead atoms. The number of rotatable bonds is 53. The van der Waals surface area contributed by atoms with Crippen molar-refractivity contribution < 1.29 is 92.3 Å². The van der Waals surface area contributed by atoms with Crippen LogP contribution in [-0.2, 0) is 78.3 Å². The monoisotopic (exact) mass is 1490 g/mol. The van der Waals surface area contributed by atoms with Crippen molar-refractivity contribution in [1.82, 2.24) is 63.8 Å². The predicted octanol–water partition coefficient (Wildman–Crippen LogP) is -3.34. The number of carbonyl (C=O) groups excluding carboxylic acids is 12. The SMILES string of the molecule is CSCC[C@H](NC(=O)[C@H](CO)NC(=O)[C@H](CC(C)C)NC(=O)CNC(=O)[C@H](CCCCN)NC(=O)[C@H](CCSC)NC(=O)[C@H](Cc1ccccc1)NC(=O)[C@@H](NC(=O)[C@H](CC(=O)O)NC(=O)[C@@H](N)CCSC)C(C)C)C(=O)N[C@@H](C)C(=O)N[C@@H](CCCCN)C(=O)N[C@@H](CCC(=O)O)C(=O)O. The molecule has 1 aromatic carbocycles. The number of nitrogens with one attached hydrogen (secondary N) is 12. The number of aliphatic hydroxyl groups excluding tert-OH is 1. The van der Waals surface area contributed by atoms with Gasteiger partial charge in [-0.15, -0.1) is 0 Å². The molecule has 101 heavy (non-hydrogen) atoms. The molecule has 0 saturated heterocycles. The van der Waals surface area contributed by atoms with Crippen LogP contribution >= 0.6 is 35.3 Å². The Balaban J connectivity index is 3.38. The highest BCUT2D eigenvalue weighted by Gasteiger charge is 2.37. The highest BCUT2D eigenvalue weighted by atomic mass is 32.2. The minimum atomic E-state index is -1.71. The second-order valence-electron chi connectivity index (χ2n) is 24.7. The summed E-state index contributed by atoms with van der Waals surface area (Å²) in [5, 5.41) is 68.7. The van der Waals surface area contributed by atoms with E-state index in [-0.39, 0.29) is 69.7 Å². The first-order valence-electron chi connectivity index (χ1n) is 33.3. The Morgan fingerprint density at radius 2 is 0.871 bits per heavy atom. The van der Waals surface area contributed by atoms with Gasteiger partial charge in [0.25, 0.3) is 0 Å². The number of hydrogen-bond donors (Lipinski definition) is 19. The number of aliphatic carboxylic acids is 3. The quantitative estimate of drug-likeness (QED) is 0.0284. The maximum absolute atomic E-state index is 14.5. The second-order valence-corrected chi connectivity index (χ2v) is 27.6. The maximum atomic E-state index is 14.5. The van der Waals surface area contributed by atoms with Gasteiger partial charge in [0.2, 0.25) is 70.9 Å². The van der Waals surface area contributed by atoms with Crippen LogP contribution in [0.5, 0.6) is 0 Å². The normalized spacial score (nSPS) is 14.7. The molecule has 570 valence electrons. The molecule has 0 saturated carbocycles. The van der Waals surface area contributed by atoms with E-state index in [1.807, 2.05) is 0 Å². The number of benzene rings is 1. The van der Waals surface area contributed by atoms with Crippen molar-refractivity contribution in [3.05, 3.63) is 35.9 Å². The van der Waals surface area contributed by atoms with Crippen LogP contribution in [0.2, 0.25) is 0 Å². The van der Waals surface area contributed by atoms with E-state index in [2.05, 4.69) is 63.8 Å². The fraction of sp³-hybridized carbons (Fsp3) is 0.672. The van der Waals surface area contributed by atoms with Crippen LogP contribution in [0.3, 0.4) is 0 Å². The molecule has 0 radical (unpaired) electrons. The number of unbranched alkanes of at least 4 members (excludes halogenated alkanes) is 2. The molecule has 0 aliphatic rings. The van der Waals surface area contributed by atoms with Gasteiger partial charge in [-0.3, -0.25) is 67.1 Å². The van der Waals surface area contributed by atoms with Crippen molar-refractivity contribution in [3.8, 4) is 0 Å². The van der Waals surface area contributed by atoms with E-state index in [0.717, 1.165) is 0 Å². The lowest BCUT2D eigenvalue weighted by molar-refractivity contribution is -0.143. The Labute approximate surface area is 601 Å². The standard InChI is InChI=1S/C64H107N15O19S3/c1-35(2)30-45(59(92)78-48(34-80)62(95)74-42(23-28-100-7)56(89)69-37(5)53(86)71-41(19-13-15-26-66)57(90)75-44(64(97)98)20-21-50(82)83)70-49(81)33-68-55(88)40(18-12-14-25-65)72-58(91)43(24-29-101-8)73-60(93)46(31-38-16-10-9-11-17-38)77-63(96)52(36(3)4)79-61(94)47(32-51(84)85)76-54(87)39(67)22-27-99-6/h9-11,16-17,35-37,39-48,52,80H,12-15,18-34,65-67H2,1-8H3,(H,68,88)(H,69,89)(H,70,81)(H,71,86)(H,72,91)(H,73,93)(H,74,95)(H,75,90)(H,76,87)(H,77,96)(H,78,92)(H,79,94)(H,82,83)(H,84,85)(H,97,98)/t37-,39-,40-,41-,42-,43-,44-,45-,46-,47-,48-,52-/m0/s1. The zero-order chi connectivity index (χ0) is 76.3. The molecule has 0 unspecified atom stereocenters. The molecule has 12 amide bonds. The van der Waals surface area contributed by atoms with Crippen molar-refractivity contribution in [2.45, 2.75) is 197 Å². The van der Waals surface area contributed by atoms with E-state index < -0.39 is 200 Å². The first kappa shape index (κ1) is 91.2. The summed E-state index contributed by atoms with van der Waals surface area (Å²) in [4.78, 5) is 200. The Hall–Kier alpha value is -7.84. The molecule has 1 aromatic rings. The Bertz CT molecular complexity index is 2870. The highest BCUT2D eigenvalue weighted by molar-refractivity contribution is 7.99. The van der Waals surface area contributed by atoms with Crippen LogP contribution < -0.4 is 81.0 Å². The lowest BCUT2D eigenvalue weighted by atomic mass is 10.00. The van der Waals surface area contributed by atoms with Gasteiger partial charge in [0.05, 0.1) is 25.6 Å². The lowest BCUT2D eigenvalue weighted by Crippen LogP contribution is -2.61. The zero-order valence-electron chi connectivity index (χ0n) is 58.7. The summed E-state index contributed by atoms with van der Waals surface area (Å²) in [5.74, 6) is -14.8. The summed E-state index contributed by atoms with van der Waals surface area (Å²) < 4.78 is 0. The van der Waals surface area contributed by atoms with E-state index >= 15 is 0 Å². The van der Waals surface area contributed by atoms with Crippen molar-refractivity contribution >= 4 is 124 Å². The summed E-state index contributed by atoms with van der Waals surface area (Å²) in [5.41, 5.74) is 17.9. The molecule has 0 heterocycles. The van der Waals surface area contributed by atoms with Crippen LogP contribution in [-0.4, -0.2) is 244 Å². The van der Waals surface area contributed by atoms with Gasteiger partial charge in [-0.05, 0) is 144 Å². The van der Waals surface area contributed by atoms with Gasteiger partial charge in [-0.1, -0.05) is 58.0 Å². The number of aliphatic hydroxyl groups is 1. The molecule has 22 N–H and O–H groups in total. The Morgan fingerprint density at radius 3 is 1.36 bits per heavy atom. The number of carboxylic acids is 3. The molecule has 0 aliphatic heterocycles. The zero-order valence-corrected chi connectivity index (χ0v) is 61.1. The van der Waals surface area contributed by atoms with Crippen LogP contribution in [0.25, 0.3) is 0 Å². The minimum Gasteiger partial charge on any atom is -0.481 e. The van der Waals surface area contributed by atoms with E-state index in [1.165, 1.54) is 42.2 Å². The molecule has 37 heteroatoms. The third-order valence-electron chi connectivity index (χ3n) is 15.4. The van der Waals surface area contributed by atoms with Gasteiger partial charge in [0, 0.05) is 12.8 Å². The summed E-state index contributed by atoms with van der Waals surface area (Å²) in [6, 6.07) is -8.36. The molecule has 34 nitrogen and oxygen atoms in total. The summed E-state index contributed by atoms with van der Waals surface area (Å²) in [7, 11) is 0. The summed E-state index contributed by atoms with van der Waals surface area (Å²) in [6.45, 7) is 6.61. The number of nitrogens with two attached hydrogens (primary N) is 3. The van der Waals surface area contributed by atoms with Crippen LogP contribution in [0.15, 0.2) is 30.3 Å². The molecule has 12 atom stereocenters. The molecular weight excluding hydrogens is 1380 g/mol. The molecule has 0 aromatic heterocycles. The van der Waals surface area contributed by atoms with Crippen molar-refractivity contribution in [1.29, 1.82) is 0 Å². The van der Waals surface area contributed by atoms with Crippen molar-refractivity contribution in [2.75, 3.05) is 62.3 Å². The number of thioether (sulfide) groups is 3. The third-order valence-corrected chi connectivity index (χ3v) is 17.3. The van der Waals surface area contributed by atoms with E-state index in [1.54, 1.807) is 76.8 Å². The largest absolute Gasteiger partial charge is 0.481 e. The first-order valence-corrected chi connectivity index (χ1v) is 37.5. The minimum absolute atomic E-state index is 0.00184. The van der Waals surface area contributed by atoms with Gasteiger partial charge < -0.3 is 101 Å². The molecular formula is C64H107N15O19S3. The highest BCUT2D eigenvalue weighted by Crippen LogP contribution is 2.14. The molecule has 1 rings (SSSR count). The Kier molecular flexibility index (Phi) is 45.6. The van der Waals surface area contributed by atoms with Crippen LogP contribution in [0.1, 0.15) is 124 Å².